The highest BCUT2D eigenvalue weighted by atomic mass is 127. The van der Waals surface area contributed by atoms with Crippen LogP contribution in [0.2, 0.25) is 0 Å². The monoisotopic (exact) mass is 374 g/mol. The number of morpholine rings is 1. The SMILES string of the molecule is C[C@H]1COCCN1C(=O)c1ccc(I)cc1C(N)=O. The van der Waals surface area contributed by atoms with Gasteiger partial charge < -0.3 is 15.4 Å². The Kier molecular flexibility index (Phi) is 4.41. The van der Waals surface area contributed by atoms with Crippen LogP contribution in [-0.4, -0.2) is 42.5 Å². The molecule has 1 heterocycles. The number of benzene rings is 1. The van der Waals surface area contributed by atoms with Gasteiger partial charge in [-0.25, -0.2) is 0 Å². The van der Waals surface area contributed by atoms with Crippen molar-refractivity contribution in [1.29, 1.82) is 0 Å². The van der Waals surface area contributed by atoms with Gasteiger partial charge in [-0.15, -0.1) is 0 Å². The number of nitrogens with zero attached hydrogens (tertiary/aromatic N) is 1. The Morgan fingerprint density at radius 3 is 2.79 bits per heavy atom. The normalized spacial score (nSPS) is 19.3. The highest BCUT2D eigenvalue weighted by molar-refractivity contribution is 14.1. The second-order valence-corrected chi connectivity index (χ2v) is 5.72. The quantitative estimate of drug-likeness (QED) is 0.793. The molecule has 1 aliphatic rings. The van der Waals surface area contributed by atoms with Gasteiger partial charge in [0.15, 0.2) is 0 Å². The number of halogens is 1. The summed E-state index contributed by atoms with van der Waals surface area (Å²) in [5.41, 5.74) is 5.98. The van der Waals surface area contributed by atoms with Crippen molar-refractivity contribution in [2.24, 2.45) is 5.73 Å². The number of nitrogens with two attached hydrogens (primary N) is 1. The van der Waals surface area contributed by atoms with Crippen LogP contribution in [0.3, 0.4) is 0 Å². The predicted octanol–water partition coefficient (Wildman–Crippen LogP) is 1.25. The molecule has 0 spiro atoms. The van der Waals surface area contributed by atoms with Crippen molar-refractivity contribution in [2.45, 2.75) is 13.0 Å². The summed E-state index contributed by atoms with van der Waals surface area (Å²) >= 11 is 2.08. The van der Waals surface area contributed by atoms with Crippen molar-refractivity contribution in [3.63, 3.8) is 0 Å². The average molecular weight is 374 g/mol. The number of hydrogen-bond acceptors (Lipinski definition) is 3. The molecule has 1 aromatic rings. The number of carbonyl (C=O) groups excluding carboxylic acids is 2. The number of hydrogen-bond donors (Lipinski definition) is 1. The van der Waals surface area contributed by atoms with E-state index in [1.54, 1.807) is 23.1 Å². The molecule has 2 amide bonds. The van der Waals surface area contributed by atoms with Crippen LogP contribution in [0.5, 0.6) is 0 Å². The Morgan fingerprint density at radius 2 is 2.16 bits per heavy atom. The van der Waals surface area contributed by atoms with Crippen LogP contribution >= 0.6 is 22.6 Å². The zero-order valence-corrected chi connectivity index (χ0v) is 12.7. The summed E-state index contributed by atoms with van der Waals surface area (Å²) in [6, 6.07) is 5.10. The maximum absolute atomic E-state index is 12.5. The van der Waals surface area contributed by atoms with Gasteiger partial charge in [-0.1, -0.05) is 0 Å². The van der Waals surface area contributed by atoms with Gasteiger partial charge in [0.2, 0.25) is 5.91 Å². The van der Waals surface area contributed by atoms with Crippen LogP contribution in [0.4, 0.5) is 0 Å². The van der Waals surface area contributed by atoms with Crippen molar-refractivity contribution in [1.82, 2.24) is 4.90 Å². The molecule has 0 saturated carbocycles. The largest absolute Gasteiger partial charge is 0.377 e. The van der Waals surface area contributed by atoms with Gasteiger partial charge in [0.25, 0.3) is 5.91 Å². The predicted molar refractivity (Wildman–Crippen MR) is 79.0 cm³/mol. The van der Waals surface area contributed by atoms with Crippen LogP contribution in [0, 0.1) is 3.57 Å². The van der Waals surface area contributed by atoms with Crippen molar-refractivity contribution in [3.8, 4) is 0 Å². The van der Waals surface area contributed by atoms with Gasteiger partial charge in [-0.3, -0.25) is 9.59 Å². The van der Waals surface area contributed by atoms with Gasteiger partial charge in [-0.05, 0) is 47.7 Å². The molecule has 1 aliphatic heterocycles. The lowest BCUT2D eigenvalue weighted by Crippen LogP contribution is -2.47. The van der Waals surface area contributed by atoms with Crippen molar-refractivity contribution in [3.05, 3.63) is 32.9 Å². The van der Waals surface area contributed by atoms with Crippen LogP contribution in [0.1, 0.15) is 27.6 Å². The summed E-state index contributed by atoms with van der Waals surface area (Å²) in [7, 11) is 0. The molecular formula is C13H15IN2O3. The lowest BCUT2D eigenvalue weighted by Gasteiger charge is -2.33. The van der Waals surface area contributed by atoms with Crippen molar-refractivity contribution < 1.29 is 14.3 Å². The molecule has 6 heteroatoms. The molecule has 0 radical (unpaired) electrons. The molecule has 5 nitrogen and oxygen atoms in total. The zero-order chi connectivity index (χ0) is 14.0. The molecule has 0 aliphatic carbocycles. The molecule has 1 fully saturated rings. The molecule has 0 aromatic heterocycles. The van der Waals surface area contributed by atoms with Gasteiger partial charge >= 0.3 is 0 Å². The van der Waals surface area contributed by atoms with E-state index in [0.29, 0.717) is 25.3 Å². The minimum atomic E-state index is -0.581. The maximum atomic E-state index is 12.5. The standard InChI is InChI=1S/C13H15IN2O3/c1-8-7-19-5-4-16(8)13(18)10-3-2-9(14)6-11(10)12(15)17/h2-3,6,8H,4-5,7H2,1H3,(H2,15,17)/t8-/m0/s1. The first-order valence-corrected chi connectivity index (χ1v) is 7.06. The smallest absolute Gasteiger partial charge is 0.255 e. The minimum Gasteiger partial charge on any atom is -0.377 e. The number of amides is 2. The topological polar surface area (TPSA) is 72.6 Å². The molecule has 2 N–H and O–H groups in total. The summed E-state index contributed by atoms with van der Waals surface area (Å²) in [5, 5.41) is 0. The summed E-state index contributed by atoms with van der Waals surface area (Å²) in [4.78, 5) is 25.7. The van der Waals surface area contributed by atoms with E-state index in [4.69, 9.17) is 10.5 Å². The van der Waals surface area contributed by atoms with Crippen LogP contribution in [0.25, 0.3) is 0 Å². The Bertz CT molecular complexity index is 519. The second-order valence-electron chi connectivity index (χ2n) is 4.48. The summed E-state index contributed by atoms with van der Waals surface area (Å²) in [6.07, 6.45) is 0. The first-order chi connectivity index (χ1) is 9.00. The zero-order valence-electron chi connectivity index (χ0n) is 10.6. The fraction of sp³-hybridized carbons (Fsp3) is 0.385. The fourth-order valence-corrected chi connectivity index (χ4v) is 2.58. The van der Waals surface area contributed by atoms with Crippen molar-refractivity contribution in [2.75, 3.05) is 19.8 Å². The molecule has 1 atom stereocenters. The molecule has 102 valence electrons. The summed E-state index contributed by atoms with van der Waals surface area (Å²) in [6.45, 7) is 3.49. The van der Waals surface area contributed by atoms with E-state index in [1.165, 1.54) is 0 Å². The van der Waals surface area contributed by atoms with E-state index >= 15 is 0 Å². The van der Waals surface area contributed by atoms with E-state index in [2.05, 4.69) is 22.6 Å². The highest BCUT2D eigenvalue weighted by Gasteiger charge is 2.27. The third kappa shape index (κ3) is 3.06. The first-order valence-electron chi connectivity index (χ1n) is 5.98. The molecule has 2 rings (SSSR count). The highest BCUT2D eigenvalue weighted by Crippen LogP contribution is 2.18. The van der Waals surface area contributed by atoms with E-state index < -0.39 is 5.91 Å². The second kappa shape index (κ2) is 5.87. The van der Waals surface area contributed by atoms with Crippen LogP contribution in [-0.2, 0) is 4.74 Å². The molecular weight excluding hydrogens is 359 g/mol. The van der Waals surface area contributed by atoms with E-state index in [9.17, 15) is 9.59 Å². The molecule has 0 unspecified atom stereocenters. The third-order valence-electron chi connectivity index (χ3n) is 3.11. The summed E-state index contributed by atoms with van der Waals surface area (Å²) in [5.74, 6) is -0.747. The Hall–Kier alpha value is -1.15. The number of primary amides is 1. The molecule has 19 heavy (non-hydrogen) atoms. The van der Waals surface area contributed by atoms with Crippen LogP contribution in [0.15, 0.2) is 18.2 Å². The Balaban J connectivity index is 2.35. The molecule has 0 bridgehead atoms. The van der Waals surface area contributed by atoms with Gasteiger partial charge in [0.05, 0.1) is 30.4 Å². The number of rotatable bonds is 2. The molecule has 1 aromatic carbocycles. The maximum Gasteiger partial charge on any atom is 0.255 e. The van der Waals surface area contributed by atoms with Crippen molar-refractivity contribution >= 4 is 34.4 Å². The van der Waals surface area contributed by atoms with Crippen LogP contribution < -0.4 is 5.73 Å². The number of ether oxygens (including phenoxy) is 1. The minimum absolute atomic E-state index is 0.00116. The lowest BCUT2D eigenvalue weighted by molar-refractivity contribution is 0.00353. The first kappa shape index (κ1) is 14.3. The van der Waals surface area contributed by atoms with E-state index in [1.807, 2.05) is 6.92 Å². The van der Waals surface area contributed by atoms with Gasteiger partial charge in [-0.2, -0.15) is 0 Å². The van der Waals surface area contributed by atoms with E-state index in [-0.39, 0.29) is 17.5 Å². The fourth-order valence-electron chi connectivity index (χ4n) is 2.09. The Labute approximate surface area is 125 Å². The van der Waals surface area contributed by atoms with Gasteiger partial charge in [0, 0.05) is 10.1 Å². The lowest BCUT2D eigenvalue weighted by atomic mass is 10.0. The Morgan fingerprint density at radius 1 is 1.42 bits per heavy atom. The molecule has 1 saturated heterocycles. The third-order valence-corrected chi connectivity index (χ3v) is 3.78. The average Bonchev–Trinajstić information content (AvgIpc) is 2.38. The van der Waals surface area contributed by atoms with Gasteiger partial charge in [0.1, 0.15) is 0 Å². The summed E-state index contributed by atoms with van der Waals surface area (Å²) < 4.78 is 6.18. The van der Waals surface area contributed by atoms with E-state index in [0.717, 1.165) is 3.57 Å². The number of carbonyl (C=O) groups is 2.